The molecule has 1 rings (SSSR count). The van der Waals surface area contributed by atoms with E-state index in [-0.39, 0.29) is 18.0 Å². The van der Waals surface area contributed by atoms with Crippen molar-refractivity contribution in [2.45, 2.75) is 59.6 Å². The molecule has 116 valence electrons. The molecule has 1 heterocycles. The molecule has 2 amide bonds. The van der Waals surface area contributed by atoms with Crippen LogP contribution in [0.15, 0.2) is 0 Å². The zero-order chi connectivity index (χ0) is 15.5. The van der Waals surface area contributed by atoms with Gasteiger partial charge >= 0.3 is 6.09 Å². The highest BCUT2D eigenvalue weighted by molar-refractivity contribution is 5.77. The molecule has 5 nitrogen and oxygen atoms in total. The molecule has 0 saturated carbocycles. The van der Waals surface area contributed by atoms with E-state index in [9.17, 15) is 9.59 Å². The van der Waals surface area contributed by atoms with Crippen LogP contribution in [0.5, 0.6) is 0 Å². The number of amides is 2. The van der Waals surface area contributed by atoms with Crippen LogP contribution in [0.2, 0.25) is 0 Å². The molecule has 0 aliphatic carbocycles. The van der Waals surface area contributed by atoms with Gasteiger partial charge in [0.1, 0.15) is 5.60 Å². The van der Waals surface area contributed by atoms with Gasteiger partial charge in [0.25, 0.3) is 0 Å². The topological polar surface area (TPSA) is 49.9 Å². The first-order chi connectivity index (χ1) is 9.15. The molecule has 1 atom stereocenters. The molecule has 1 aliphatic rings. The zero-order valence-electron chi connectivity index (χ0n) is 13.6. The third-order valence-corrected chi connectivity index (χ3v) is 3.46. The number of ether oxygens (including phenoxy) is 1. The molecule has 0 aromatic heterocycles. The van der Waals surface area contributed by atoms with Gasteiger partial charge in [0.15, 0.2) is 0 Å². The first-order valence-corrected chi connectivity index (χ1v) is 7.43. The summed E-state index contributed by atoms with van der Waals surface area (Å²) < 4.78 is 5.41. The predicted molar refractivity (Wildman–Crippen MR) is 78.4 cm³/mol. The second kappa shape index (κ2) is 6.46. The minimum absolute atomic E-state index is 0.0729. The normalized spacial score (nSPS) is 20.2. The molecule has 0 bridgehead atoms. The summed E-state index contributed by atoms with van der Waals surface area (Å²) in [5.74, 6) is 0.475. The maximum atomic E-state index is 12.1. The Labute approximate surface area is 122 Å². The summed E-state index contributed by atoms with van der Waals surface area (Å²) in [5, 5.41) is 0. The van der Waals surface area contributed by atoms with Gasteiger partial charge in [-0.1, -0.05) is 20.8 Å². The van der Waals surface area contributed by atoms with E-state index >= 15 is 0 Å². The van der Waals surface area contributed by atoms with E-state index in [0.717, 1.165) is 0 Å². The number of rotatable bonds is 2. The van der Waals surface area contributed by atoms with Gasteiger partial charge in [-0.3, -0.25) is 4.79 Å². The average molecular weight is 284 g/mol. The number of carbonyl (C=O) groups is 2. The summed E-state index contributed by atoms with van der Waals surface area (Å²) in [6.07, 6.45) is 0.224. The minimum atomic E-state index is -0.485. The second-order valence-corrected chi connectivity index (χ2v) is 6.68. The van der Waals surface area contributed by atoms with Crippen molar-refractivity contribution < 1.29 is 14.3 Å². The third-order valence-electron chi connectivity index (χ3n) is 3.46. The van der Waals surface area contributed by atoms with Crippen LogP contribution in [-0.4, -0.2) is 53.1 Å². The van der Waals surface area contributed by atoms with Crippen molar-refractivity contribution in [3.05, 3.63) is 0 Å². The number of hydrogen-bond donors (Lipinski definition) is 0. The molecule has 0 spiro atoms. The Balaban J connectivity index is 2.73. The van der Waals surface area contributed by atoms with Gasteiger partial charge in [0, 0.05) is 26.1 Å². The van der Waals surface area contributed by atoms with Crippen LogP contribution >= 0.6 is 0 Å². The molecule has 0 radical (unpaired) electrons. The molecule has 5 heteroatoms. The lowest BCUT2D eigenvalue weighted by molar-refractivity contribution is -0.137. The Bertz CT molecular complexity index is 361. The van der Waals surface area contributed by atoms with Crippen LogP contribution in [0.3, 0.4) is 0 Å². The van der Waals surface area contributed by atoms with Crippen molar-refractivity contribution in [3.63, 3.8) is 0 Å². The van der Waals surface area contributed by atoms with Gasteiger partial charge in [-0.2, -0.15) is 0 Å². The fraction of sp³-hybridized carbons (Fsp3) is 0.867. The Morgan fingerprint density at radius 1 is 1.25 bits per heavy atom. The number of carbonyl (C=O) groups excluding carboxylic acids is 2. The van der Waals surface area contributed by atoms with Gasteiger partial charge in [-0.15, -0.1) is 0 Å². The van der Waals surface area contributed by atoms with E-state index in [0.29, 0.717) is 32.0 Å². The van der Waals surface area contributed by atoms with Gasteiger partial charge < -0.3 is 14.5 Å². The highest BCUT2D eigenvalue weighted by atomic mass is 16.6. The Morgan fingerprint density at radius 3 is 2.30 bits per heavy atom. The quantitative estimate of drug-likeness (QED) is 0.783. The molecule has 1 aliphatic heterocycles. The maximum Gasteiger partial charge on any atom is 0.410 e. The molecular formula is C15H28N2O3. The van der Waals surface area contributed by atoms with E-state index in [4.69, 9.17) is 4.74 Å². The molecule has 0 N–H and O–H groups in total. The zero-order valence-corrected chi connectivity index (χ0v) is 13.6. The van der Waals surface area contributed by atoms with Crippen molar-refractivity contribution in [3.8, 4) is 0 Å². The first kappa shape index (κ1) is 16.8. The molecule has 20 heavy (non-hydrogen) atoms. The van der Waals surface area contributed by atoms with Gasteiger partial charge in [-0.25, -0.2) is 4.79 Å². The lowest BCUT2D eigenvalue weighted by Gasteiger charge is -2.43. The highest BCUT2D eigenvalue weighted by Gasteiger charge is 2.35. The van der Waals surface area contributed by atoms with E-state index in [1.807, 2.05) is 32.6 Å². The summed E-state index contributed by atoms with van der Waals surface area (Å²) in [4.78, 5) is 27.7. The molecule has 0 aromatic carbocycles. The Hall–Kier alpha value is -1.26. The number of hydrogen-bond acceptors (Lipinski definition) is 3. The standard InChI is InChI=1S/C15H28N2O3/c1-7-13(18)17-9-8-16(10-12(17)11(2)3)14(19)20-15(4,5)6/h11-12H,7-10H2,1-6H3/t12-/m0/s1. The number of piperazine rings is 1. The summed E-state index contributed by atoms with van der Waals surface area (Å²) in [5.41, 5.74) is -0.485. The van der Waals surface area contributed by atoms with Crippen LogP contribution in [0, 0.1) is 5.92 Å². The van der Waals surface area contributed by atoms with Gasteiger partial charge in [0.2, 0.25) is 5.91 Å². The van der Waals surface area contributed by atoms with Crippen LogP contribution in [-0.2, 0) is 9.53 Å². The fourth-order valence-corrected chi connectivity index (χ4v) is 2.39. The van der Waals surface area contributed by atoms with Crippen LogP contribution in [0.4, 0.5) is 4.79 Å². The van der Waals surface area contributed by atoms with Crippen molar-refractivity contribution in [2.24, 2.45) is 5.92 Å². The predicted octanol–water partition coefficient (Wildman–Crippen LogP) is 2.50. The largest absolute Gasteiger partial charge is 0.444 e. The lowest BCUT2D eigenvalue weighted by Crippen LogP contribution is -2.58. The fourth-order valence-electron chi connectivity index (χ4n) is 2.39. The van der Waals surface area contributed by atoms with Crippen molar-refractivity contribution in [2.75, 3.05) is 19.6 Å². The summed E-state index contributed by atoms with van der Waals surface area (Å²) in [6, 6.07) is 0.0729. The Kier molecular flexibility index (Phi) is 5.42. The molecule has 1 saturated heterocycles. The van der Waals surface area contributed by atoms with Crippen molar-refractivity contribution >= 4 is 12.0 Å². The van der Waals surface area contributed by atoms with Crippen LogP contribution < -0.4 is 0 Å². The molecule has 1 fully saturated rings. The molecule has 0 aromatic rings. The Morgan fingerprint density at radius 2 is 1.85 bits per heavy atom. The second-order valence-electron chi connectivity index (χ2n) is 6.68. The van der Waals surface area contributed by atoms with Crippen LogP contribution in [0.1, 0.15) is 48.0 Å². The van der Waals surface area contributed by atoms with E-state index in [1.54, 1.807) is 4.90 Å². The van der Waals surface area contributed by atoms with E-state index in [2.05, 4.69) is 13.8 Å². The summed E-state index contributed by atoms with van der Waals surface area (Å²) in [6.45, 7) is 13.3. The molecular weight excluding hydrogens is 256 g/mol. The van der Waals surface area contributed by atoms with Crippen molar-refractivity contribution in [1.82, 2.24) is 9.80 Å². The van der Waals surface area contributed by atoms with Gasteiger partial charge in [-0.05, 0) is 26.7 Å². The average Bonchev–Trinajstić information content (AvgIpc) is 2.35. The van der Waals surface area contributed by atoms with Gasteiger partial charge in [0.05, 0.1) is 6.04 Å². The molecule has 0 unspecified atom stereocenters. The maximum absolute atomic E-state index is 12.1. The van der Waals surface area contributed by atoms with Crippen molar-refractivity contribution in [1.29, 1.82) is 0 Å². The summed E-state index contributed by atoms with van der Waals surface area (Å²) >= 11 is 0. The number of nitrogens with zero attached hydrogens (tertiary/aromatic N) is 2. The summed E-state index contributed by atoms with van der Waals surface area (Å²) in [7, 11) is 0. The minimum Gasteiger partial charge on any atom is -0.444 e. The van der Waals surface area contributed by atoms with E-state index in [1.165, 1.54) is 0 Å². The smallest absolute Gasteiger partial charge is 0.410 e. The SMILES string of the molecule is CCC(=O)N1CCN(C(=O)OC(C)(C)C)C[C@H]1C(C)C. The van der Waals surface area contributed by atoms with Crippen LogP contribution in [0.25, 0.3) is 0 Å². The third kappa shape index (κ3) is 4.39. The van der Waals surface area contributed by atoms with E-state index < -0.39 is 5.60 Å². The highest BCUT2D eigenvalue weighted by Crippen LogP contribution is 2.20. The first-order valence-electron chi connectivity index (χ1n) is 7.43. The monoisotopic (exact) mass is 284 g/mol. The lowest BCUT2D eigenvalue weighted by atomic mass is 9.99.